The number of sulfonamides is 1. The maximum absolute atomic E-state index is 12.8. The largest absolute Gasteiger partial charge is 0.324 e. The summed E-state index contributed by atoms with van der Waals surface area (Å²) in [6.07, 6.45) is 2.08. The summed E-state index contributed by atoms with van der Waals surface area (Å²) >= 11 is 0. The van der Waals surface area contributed by atoms with E-state index in [0.717, 1.165) is 22.4 Å². The van der Waals surface area contributed by atoms with Gasteiger partial charge in [-0.3, -0.25) is 0 Å². The quantitative estimate of drug-likeness (QED) is 0.451. The van der Waals surface area contributed by atoms with Crippen molar-refractivity contribution < 1.29 is 8.42 Å². The summed E-state index contributed by atoms with van der Waals surface area (Å²) in [5.74, 6) is 0.474. The van der Waals surface area contributed by atoms with Crippen molar-refractivity contribution in [3.63, 3.8) is 0 Å². The van der Waals surface area contributed by atoms with E-state index >= 15 is 0 Å². The molecule has 7 nitrogen and oxygen atoms in total. The maximum Gasteiger partial charge on any atom is 0.264 e. The van der Waals surface area contributed by atoms with Crippen molar-refractivity contribution >= 4 is 27.6 Å². The maximum atomic E-state index is 12.8. The van der Waals surface area contributed by atoms with Gasteiger partial charge in [0, 0.05) is 5.70 Å². The molecule has 0 fully saturated rings. The normalized spacial score (nSPS) is 15.3. The first-order chi connectivity index (χ1) is 15.9. The monoisotopic (exact) mass is 457 g/mol. The Kier molecular flexibility index (Phi) is 5.22. The van der Waals surface area contributed by atoms with Crippen molar-refractivity contribution in [3.8, 4) is 0 Å². The molecule has 1 aliphatic heterocycles. The molecule has 1 aliphatic rings. The SMILES string of the molecule is Cc1ccc(C2=CC(c3ccc(C)cc3)n3nc(NS(=O)(=O)c4ccccc4)nc3N2)cc1. The minimum Gasteiger partial charge on any atom is -0.324 e. The molecule has 0 bridgehead atoms. The Balaban J connectivity index is 1.54. The molecule has 0 spiro atoms. The van der Waals surface area contributed by atoms with Gasteiger partial charge in [0.05, 0.1) is 4.90 Å². The highest BCUT2D eigenvalue weighted by Crippen LogP contribution is 2.33. The zero-order valence-electron chi connectivity index (χ0n) is 18.2. The van der Waals surface area contributed by atoms with Crippen LogP contribution in [-0.2, 0) is 10.0 Å². The number of benzene rings is 3. The molecule has 0 radical (unpaired) electrons. The highest BCUT2D eigenvalue weighted by Gasteiger charge is 2.27. The van der Waals surface area contributed by atoms with Gasteiger partial charge in [0.1, 0.15) is 6.04 Å². The van der Waals surface area contributed by atoms with Gasteiger partial charge in [-0.25, -0.2) is 17.8 Å². The predicted molar refractivity (Wildman–Crippen MR) is 129 cm³/mol. The molecule has 1 atom stereocenters. The fourth-order valence-electron chi connectivity index (χ4n) is 3.72. The van der Waals surface area contributed by atoms with Crippen LogP contribution in [0.5, 0.6) is 0 Å². The fourth-order valence-corrected chi connectivity index (χ4v) is 4.68. The third kappa shape index (κ3) is 4.25. The van der Waals surface area contributed by atoms with Crippen LogP contribution in [0.1, 0.15) is 28.3 Å². The number of fused-ring (bicyclic) bond motifs is 1. The van der Waals surface area contributed by atoms with Crippen LogP contribution in [0.4, 0.5) is 11.9 Å². The van der Waals surface area contributed by atoms with Crippen molar-refractivity contribution in [1.29, 1.82) is 0 Å². The van der Waals surface area contributed by atoms with E-state index in [4.69, 9.17) is 0 Å². The Morgan fingerprint density at radius 2 is 1.52 bits per heavy atom. The average molecular weight is 458 g/mol. The van der Waals surface area contributed by atoms with Crippen LogP contribution in [0, 0.1) is 13.8 Å². The van der Waals surface area contributed by atoms with Gasteiger partial charge in [-0.2, -0.15) is 4.98 Å². The molecule has 0 aliphatic carbocycles. The zero-order chi connectivity index (χ0) is 23.0. The van der Waals surface area contributed by atoms with E-state index in [1.165, 1.54) is 17.7 Å². The summed E-state index contributed by atoms with van der Waals surface area (Å²) in [5, 5.41) is 7.80. The van der Waals surface area contributed by atoms with Crippen molar-refractivity contribution in [1.82, 2.24) is 14.8 Å². The van der Waals surface area contributed by atoms with E-state index in [9.17, 15) is 8.42 Å². The lowest BCUT2D eigenvalue weighted by molar-refractivity contribution is 0.598. The molecule has 2 N–H and O–H groups in total. The van der Waals surface area contributed by atoms with Crippen LogP contribution >= 0.6 is 0 Å². The summed E-state index contributed by atoms with van der Waals surface area (Å²) in [7, 11) is -3.80. The number of nitrogens with one attached hydrogen (secondary N) is 2. The fraction of sp³-hybridized carbons (Fsp3) is 0.120. The Morgan fingerprint density at radius 3 is 2.18 bits per heavy atom. The number of nitrogens with zero attached hydrogens (tertiary/aromatic N) is 3. The molecule has 0 saturated carbocycles. The van der Waals surface area contributed by atoms with Gasteiger partial charge in [0.15, 0.2) is 0 Å². The van der Waals surface area contributed by atoms with Crippen LogP contribution < -0.4 is 10.0 Å². The number of allylic oxidation sites excluding steroid dienone is 1. The number of hydrogen-bond donors (Lipinski definition) is 2. The first-order valence-corrected chi connectivity index (χ1v) is 12.0. The average Bonchev–Trinajstić information content (AvgIpc) is 3.22. The molecule has 0 amide bonds. The molecule has 1 aromatic heterocycles. The molecule has 1 unspecified atom stereocenters. The third-order valence-electron chi connectivity index (χ3n) is 5.53. The van der Waals surface area contributed by atoms with Crippen LogP contribution in [-0.4, -0.2) is 23.2 Å². The van der Waals surface area contributed by atoms with Crippen molar-refractivity contribution in [2.24, 2.45) is 0 Å². The molecule has 0 saturated heterocycles. The van der Waals surface area contributed by atoms with Gasteiger partial charge in [-0.15, -0.1) is 5.10 Å². The Labute approximate surface area is 192 Å². The van der Waals surface area contributed by atoms with E-state index < -0.39 is 10.0 Å². The zero-order valence-corrected chi connectivity index (χ0v) is 19.0. The topological polar surface area (TPSA) is 88.9 Å². The summed E-state index contributed by atoms with van der Waals surface area (Å²) in [5.41, 5.74) is 5.25. The summed E-state index contributed by atoms with van der Waals surface area (Å²) in [4.78, 5) is 4.61. The number of anilines is 2. The number of aromatic nitrogens is 3. The molecule has 5 rings (SSSR count). The van der Waals surface area contributed by atoms with Gasteiger partial charge < -0.3 is 5.32 Å². The Hall–Kier alpha value is -3.91. The number of rotatable bonds is 5. The number of hydrogen-bond acceptors (Lipinski definition) is 5. The van der Waals surface area contributed by atoms with E-state index in [2.05, 4.69) is 38.3 Å². The van der Waals surface area contributed by atoms with Crippen molar-refractivity contribution in [2.75, 3.05) is 10.0 Å². The lowest BCUT2D eigenvalue weighted by atomic mass is 10.0. The van der Waals surface area contributed by atoms with Crippen LogP contribution in [0.25, 0.3) is 5.70 Å². The van der Waals surface area contributed by atoms with Crippen LogP contribution in [0.3, 0.4) is 0 Å². The van der Waals surface area contributed by atoms with Crippen LogP contribution in [0.15, 0.2) is 89.8 Å². The second-order valence-corrected chi connectivity index (χ2v) is 9.73. The standard InChI is InChI=1S/C25H23N5O2S/c1-17-8-12-19(13-9-17)22-16-23(20-14-10-18(2)11-15-20)30-25(26-22)27-24(28-30)29-33(31,32)21-6-4-3-5-7-21/h3-16,23H,1-2H3,(H2,26,27,28,29). The molecular weight excluding hydrogens is 434 g/mol. The van der Waals surface area contributed by atoms with E-state index in [-0.39, 0.29) is 16.9 Å². The third-order valence-corrected chi connectivity index (χ3v) is 6.87. The minimum absolute atomic E-state index is 0.0111. The van der Waals surface area contributed by atoms with Gasteiger partial charge in [-0.1, -0.05) is 77.9 Å². The summed E-state index contributed by atoms with van der Waals surface area (Å²) < 4.78 is 29.8. The first-order valence-electron chi connectivity index (χ1n) is 10.6. The van der Waals surface area contributed by atoms with E-state index in [1.807, 2.05) is 50.2 Å². The molecule has 3 aromatic carbocycles. The van der Waals surface area contributed by atoms with Crippen molar-refractivity contribution in [3.05, 3.63) is 107 Å². The Morgan fingerprint density at radius 1 is 0.879 bits per heavy atom. The highest BCUT2D eigenvalue weighted by molar-refractivity contribution is 7.92. The second kappa shape index (κ2) is 8.22. The molecule has 166 valence electrons. The molecule has 2 heterocycles. The highest BCUT2D eigenvalue weighted by atomic mass is 32.2. The minimum atomic E-state index is -3.80. The van der Waals surface area contributed by atoms with Gasteiger partial charge in [0.2, 0.25) is 5.95 Å². The molecule has 8 heteroatoms. The van der Waals surface area contributed by atoms with Gasteiger partial charge in [0.25, 0.3) is 16.0 Å². The number of aryl methyl sites for hydroxylation is 2. The smallest absolute Gasteiger partial charge is 0.264 e. The van der Waals surface area contributed by atoms with E-state index in [1.54, 1.807) is 22.9 Å². The van der Waals surface area contributed by atoms with Gasteiger partial charge >= 0.3 is 0 Å². The second-order valence-electron chi connectivity index (χ2n) is 8.05. The Bertz CT molecular complexity index is 1420. The van der Waals surface area contributed by atoms with E-state index in [0.29, 0.717) is 5.95 Å². The summed E-state index contributed by atoms with van der Waals surface area (Å²) in [6.45, 7) is 4.08. The first kappa shape index (κ1) is 21.0. The molecular formula is C25H23N5O2S. The van der Waals surface area contributed by atoms with Gasteiger partial charge in [-0.05, 0) is 43.2 Å². The lowest BCUT2D eigenvalue weighted by Gasteiger charge is -2.24. The summed E-state index contributed by atoms with van der Waals surface area (Å²) in [6, 6.07) is 24.3. The molecule has 33 heavy (non-hydrogen) atoms. The van der Waals surface area contributed by atoms with Crippen LogP contribution in [0.2, 0.25) is 0 Å². The molecule has 4 aromatic rings. The lowest BCUT2D eigenvalue weighted by Crippen LogP contribution is -2.20. The van der Waals surface area contributed by atoms with Crippen molar-refractivity contribution in [2.45, 2.75) is 24.8 Å². The predicted octanol–water partition coefficient (Wildman–Crippen LogP) is 4.75.